The van der Waals surface area contributed by atoms with Gasteiger partial charge in [0, 0.05) is 57.7 Å². The minimum atomic E-state index is -1.03. The average Bonchev–Trinajstić information content (AvgIpc) is 3.28. The summed E-state index contributed by atoms with van der Waals surface area (Å²) < 4.78 is 13.1. The van der Waals surface area contributed by atoms with Gasteiger partial charge in [-0.3, -0.25) is 9.59 Å². The number of allylic oxidation sites excluding steroid dienone is 3. The molecule has 2 heterocycles. The van der Waals surface area contributed by atoms with Crippen LogP contribution in [0.4, 0.5) is 0 Å². The molecule has 6 rings (SSSR count). The minimum absolute atomic E-state index is 0.169. The molecule has 0 amide bonds. The van der Waals surface area contributed by atoms with E-state index in [0.29, 0.717) is 23.3 Å². The molecule has 0 fully saturated rings. The first-order valence-corrected chi connectivity index (χ1v) is 14.5. The van der Waals surface area contributed by atoms with E-state index < -0.39 is 29.7 Å². The molecule has 2 aliphatic rings. The summed E-state index contributed by atoms with van der Waals surface area (Å²) in [6, 6.07) is 23.9. The first kappa shape index (κ1) is 27.5. The van der Waals surface area contributed by atoms with Crippen molar-refractivity contribution >= 4 is 39.5 Å². The summed E-state index contributed by atoms with van der Waals surface area (Å²) in [5.41, 5.74) is 6.00. The van der Waals surface area contributed by atoms with Crippen LogP contribution in [0.1, 0.15) is 50.2 Å². The molecule has 1 aliphatic carbocycles. The van der Waals surface area contributed by atoms with Gasteiger partial charge in [0.1, 0.15) is 5.92 Å². The summed E-state index contributed by atoms with van der Waals surface area (Å²) in [4.78, 5) is 41.5. The third-order valence-electron chi connectivity index (χ3n) is 8.55. The predicted octanol–water partition coefficient (Wildman–Crippen LogP) is 6.05. The number of carbonyl (C=O) groups excluding carboxylic acids is 3. The third kappa shape index (κ3) is 4.40. The second-order valence-corrected chi connectivity index (χ2v) is 10.9. The van der Waals surface area contributed by atoms with Crippen molar-refractivity contribution < 1.29 is 23.9 Å². The van der Waals surface area contributed by atoms with Gasteiger partial charge in [0.05, 0.1) is 18.8 Å². The standard InChI is InChI=1S/C35H34N2O5/c1-5-41-34(39)29-20(3)36-26-19-24(21-12-8-7-9-13-21)31(35(40)42-6-2)33(38)32(26)30(29)22-16-17-28-25(18-22)23-14-10-11-15-27(23)37(28)4/h7-18,24,30-31,36H,5-6,19H2,1-4H3. The molecular formula is C35H34N2O5. The van der Waals surface area contributed by atoms with Crippen molar-refractivity contribution in [1.82, 2.24) is 9.88 Å². The number of para-hydroxylation sites is 1. The lowest BCUT2D eigenvalue weighted by Gasteiger charge is -2.39. The Kier molecular flexibility index (Phi) is 7.19. The minimum Gasteiger partial charge on any atom is -0.465 e. The molecule has 3 atom stereocenters. The van der Waals surface area contributed by atoms with Crippen molar-refractivity contribution in [3.8, 4) is 0 Å². The maximum Gasteiger partial charge on any atom is 0.336 e. The van der Waals surface area contributed by atoms with Crippen molar-refractivity contribution in [2.45, 2.75) is 39.0 Å². The maximum absolute atomic E-state index is 14.6. The van der Waals surface area contributed by atoms with Gasteiger partial charge in [-0.25, -0.2) is 4.79 Å². The summed E-state index contributed by atoms with van der Waals surface area (Å²) in [7, 11) is 2.03. The predicted molar refractivity (Wildman–Crippen MR) is 162 cm³/mol. The number of rotatable bonds is 6. The second kappa shape index (κ2) is 11.0. The quantitative estimate of drug-likeness (QED) is 0.228. The summed E-state index contributed by atoms with van der Waals surface area (Å²) >= 11 is 0. The van der Waals surface area contributed by atoms with Gasteiger partial charge in [-0.15, -0.1) is 0 Å². The van der Waals surface area contributed by atoms with Crippen molar-refractivity contribution in [3.63, 3.8) is 0 Å². The van der Waals surface area contributed by atoms with Gasteiger partial charge in [-0.2, -0.15) is 0 Å². The number of ketones is 1. The highest BCUT2D eigenvalue weighted by atomic mass is 16.5. The zero-order chi connectivity index (χ0) is 29.5. The Bertz CT molecular complexity index is 1800. The molecule has 0 bridgehead atoms. The van der Waals surface area contributed by atoms with Gasteiger partial charge in [-0.1, -0.05) is 54.6 Å². The maximum atomic E-state index is 14.6. The molecule has 1 aromatic heterocycles. The van der Waals surface area contributed by atoms with Crippen LogP contribution in [0.25, 0.3) is 21.8 Å². The van der Waals surface area contributed by atoms with E-state index in [-0.39, 0.29) is 19.0 Å². The SMILES string of the molecule is CCOC(=O)C1=C(C)NC2=C(C(=O)C(C(=O)OCC)C(c3ccccc3)C2)C1c1ccc2c(c1)c1ccccc1n2C. The van der Waals surface area contributed by atoms with E-state index in [4.69, 9.17) is 9.47 Å². The van der Waals surface area contributed by atoms with Crippen LogP contribution < -0.4 is 5.32 Å². The number of dihydropyridines is 1. The normalized spacial score (nSPS) is 20.5. The number of fused-ring (bicyclic) bond motifs is 3. The zero-order valence-corrected chi connectivity index (χ0v) is 24.3. The fourth-order valence-corrected chi connectivity index (χ4v) is 6.73. The Morgan fingerprint density at radius 2 is 1.57 bits per heavy atom. The first-order chi connectivity index (χ1) is 20.3. The number of aryl methyl sites for hydroxylation is 1. The molecule has 42 heavy (non-hydrogen) atoms. The molecule has 1 aliphatic heterocycles. The van der Waals surface area contributed by atoms with Crippen LogP contribution in [-0.4, -0.2) is 35.5 Å². The van der Waals surface area contributed by atoms with Crippen molar-refractivity contribution in [2.75, 3.05) is 13.2 Å². The number of esters is 2. The zero-order valence-electron chi connectivity index (χ0n) is 24.3. The highest BCUT2D eigenvalue weighted by molar-refractivity contribution is 6.14. The summed E-state index contributed by atoms with van der Waals surface area (Å²) in [5, 5.41) is 5.49. The lowest BCUT2D eigenvalue weighted by molar-refractivity contribution is -0.152. The number of hydrogen-bond acceptors (Lipinski definition) is 6. The molecule has 0 saturated carbocycles. The van der Waals surface area contributed by atoms with Gasteiger partial charge >= 0.3 is 11.9 Å². The first-order valence-electron chi connectivity index (χ1n) is 14.5. The second-order valence-electron chi connectivity index (χ2n) is 10.9. The Balaban J connectivity index is 1.57. The van der Waals surface area contributed by atoms with E-state index in [1.54, 1.807) is 13.8 Å². The number of ether oxygens (including phenoxy) is 2. The van der Waals surface area contributed by atoms with Crippen LogP contribution in [0.15, 0.2) is 95.3 Å². The van der Waals surface area contributed by atoms with Crippen molar-refractivity contribution in [1.29, 1.82) is 0 Å². The fourth-order valence-electron chi connectivity index (χ4n) is 6.73. The van der Waals surface area contributed by atoms with Gasteiger partial charge < -0.3 is 19.4 Å². The number of carbonyl (C=O) groups is 3. The largest absolute Gasteiger partial charge is 0.465 e. The number of nitrogens with zero attached hydrogens (tertiary/aromatic N) is 1. The average molecular weight is 563 g/mol. The fraction of sp³-hybridized carbons (Fsp3) is 0.286. The van der Waals surface area contributed by atoms with E-state index in [2.05, 4.69) is 28.1 Å². The van der Waals surface area contributed by atoms with E-state index in [0.717, 1.165) is 38.6 Å². The third-order valence-corrected chi connectivity index (χ3v) is 8.55. The van der Waals surface area contributed by atoms with Crippen LogP contribution >= 0.6 is 0 Å². The van der Waals surface area contributed by atoms with E-state index in [1.165, 1.54) is 0 Å². The van der Waals surface area contributed by atoms with Gasteiger partial charge in [0.2, 0.25) is 0 Å². The molecule has 3 aromatic carbocycles. The molecule has 4 aromatic rings. The van der Waals surface area contributed by atoms with Crippen LogP contribution in [0, 0.1) is 5.92 Å². The highest BCUT2D eigenvalue weighted by Crippen LogP contribution is 2.48. The Hall–Kier alpha value is -4.65. The molecule has 3 unspecified atom stereocenters. The number of aromatic nitrogens is 1. The summed E-state index contributed by atoms with van der Waals surface area (Å²) in [5.74, 6) is -3.49. The monoisotopic (exact) mass is 562 g/mol. The van der Waals surface area contributed by atoms with Crippen LogP contribution in [0.5, 0.6) is 0 Å². The van der Waals surface area contributed by atoms with Crippen LogP contribution in [0.3, 0.4) is 0 Å². The molecule has 7 nitrogen and oxygen atoms in total. The summed E-state index contributed by atoms with van der Waals surface area (Å²) in [6.07, 6.45) is 0.426. The molecule has 1 N–H and O–H groups in total. The Morgan fingerprint density at radius 1 is 0.881 bits per heavy atom. The molecule has 0 saturated heterocycles. The van der Waals surface area contributed by atoms with Gasteiger partial charge in [0.25, 0.3) is 0 Å². The Morgan fingerprint density at radius 3 is 2.31 bits per heavy atom. The molecule has 7 heteroatoms. The Labute approximate surface area is 244 Å². The molecule has 0 spiro atoms. The topological polar surface area (TPSA) is 86.6 Å². The smallest absolute Gasteiger partial charge is 0.336 e. The van der Waals surface area contributed by atoms with Crippen molar-refractivity contribution in [3.05, 3.63) is 106 Å². The van der Waals surface area contributed by atoms with E-state index in [9.17, 15) is 14.4 Å². The number of hydrogen-bond donors (Lipinski definition) is 1. The molecule has 0 radical (unpaired) electrons. The molecular weight excluding hydrogens is 528 g/mol. The van der Waals surface area contributed by atoms with Gasteiger partial charge in [-0.05, 0) is 56.5 Å². The summed E-state index contributed by atoms with van der Waals surface area (Å²) in [6.45, 7) is 5.72. The van der Waals surface area contributed by atoms with E-state index >= 15 is 0 Å². The van der Waals surface area contributed by atoms with Crippen LogP contribution in [-0.2, 0) is 30.9 Å². The van der Waals surface area contributed by atoms with Gasteiger partial charge in [0.15, 0.2) is 5.78 Å². The van der Waals surface area contributed by atoms with Crippen molar-refractivity contribution in [2.24, 2.45) is 13.0 Å². The lowest BCUT2D eigenvalue weighted by atomic mass is 9.67. The number of nitrogens with one attached hydrogen (secondary N) is 1. The van der Waals surface area contributed by atoms with Crippen LogP contribution in [0.2, 0.25) is 0 Å². The number of benzene rings is 3. The highest BCUT2D eigenvalue weighted by Gasteiger charge is 2.49. The molecule has 214 valence electrons. The lowest BCUT2D eigenvalue weighted by Crippen LogP contribution is -2.43. The number of Topliss-reactive ketones (excluding diaryl/α,β-unsaturated/α-hetero) is 1. The van der Waals surface area contributed by atoms with E-state index in [1.807, 2.05) is 68.6 Å².